The number of aryl methyl sites for hydroxylation is 1. The summed E-state index contributed by atoms with van der Waals surface area (Å²) in [6.07, 6.45) is 0. The van der Waals surface area contributed by atoms with Crippen molar-refractivity contribution in [2.45, 2.75) is 19.9 Å². The van der Waals surface area contributed by atoms with Gasteiger partial charge in [-0.25, -0.2) is 0 Å². The molecule has 2 heterocycles. The Labute approximate surface area is 200 Å². The molecule has 1 unspecified atom stereocenters. The number of likely N-dealkylation sites (N-methyl/N-ethyl adjacent to an activating group) is 1. The van der Waals surface area contributed by atoms with Crippen molar-refractivity contribution in [2.75, 3.05) is 19.6 Å². The molecule has 2 amide bonds. The second-order valence-electron chi connectivity index (χ2n) is 8.69. The summed E-state index contributed by atoms with van der Waals surface area (Å²) in [5.74, 6) is -0.120. The van der Waals surface area contributed by atoms with E-state index in [1.807, 2.05) is 68.4 Å². The highest BCUT2D eigenvalue weighted by Crippen LogP contribution is 2.46. The number of para-hydroxylation sites is 1. The van der Waals surface area contributed by atoms with E-state index in [0.29, 0.717) is 18.7 Å². The fourth-order valence-corrected chi connectivity index (χ4v) is 5.31. The molecule has 1 aliphatic heterocycles. The number of fused-ring (bicyclic) bond motifs is 2. The fraction of sp³-hybridized carbons (Fsp3) is 0.241. The summed E-state index contributed by atoms with van der Waals surface area (Å²) >= 11 is 0. The zero-order valence-corrected chi connectivity index (χ0v) is 19.9. The molecule has 1 atom stereocenters. The van der Waals surface area contributed by atoms with Crippen LogP contribution in [0.5, 0.6) is 0 Å². The highest BCUT2D eigenvalue weighted by Gasteiger charge is 2.41. The number of hydrogen-bond donors (Lipinski definition) is 0. The van der Waals surface area contributed by atoms with Crippen LogP contribution in [0.3, 0.4) is 0 Å². The van der Waals surface area contributed by atoms with E-state index in [0.717, 1.165) is 33.3 Å². The summed E-state index contributed by atoms with van der Waals surface area (Å²) in [5, 5.41) is 1.10. The van der Waals surface area contributed by atoms with Gasteiger partial charge in [-0.3, -0.25) is 9.59 Å². The van der Waals surface area contributed by atoms with Crippen LogP contribution in [0.25, 0.3) is 22.2 Å². The zero-order chi connectivity index (χ0) is 23.8. The molecule has 0 spiro atoms. The predicted molar refractivity (Wildman–Crippen MR) is 136 cm³/mol. The van der Waals surface area contributed by atoms with E-state index < -0.39 is 0 Å². The molecule has 1 aromatic heterocycles. The number of benzene rings is 3. The molecule has 3 aromatic carbocycles. The Kier molecular flexibility index (Phi) is 5.70. The standard InChI is InChI=1S/C29H29N3O2/c1-4-31(5-2)25(33)19-32-28(21-15-9-10-16-22(21)29(32)34)26-23-17-11-12-18-24(23)30(3)27(26)20-13-7-6-8-14-20/h6-18,28H,4-5,19H2,1-3H3. The lowest BCUT2D eigenvalue weighted by atomic mass is 9.93. The fourth-order valence-electron chi connectivity index (χ4n) is 5.31. The van der Waals surface area contributed by atoms with Crippen molar-refractivity contribution in [3.63, 3.8) is 0 Å². The first-order chi connectivity index (χ1) is 16.6. The van der Waals surface area contributed by atoms with Gasteiger partial charge in [0.2, 0.25) is 5.91 Å². The third-order valence-electron chi connectivity index (χ3n) is 6.95. The molecule has 0 N–H and O–H groups in total. The molecule has 172 valence electrons. The van der Waals surface area contributed by atoms with Crippen molar-refractivity contribution in [1.82, 2.24) is 14.4 Å². The van der Waals surface area contributed by atoms with Crippen LogP contribution in [-0.4, -0.2) is 45.8 Å². The maximum Gasteiger partial charge on any atom is 0.255 e. The van der Waals surface area contributed by atoms with Crippen molar-refractivity contribution in [3.8, 4) is 11.3 Å². The average Bonchev–Trinajstić information content (AvgIpc) is 3.31. The van der Waals surface area contributed by atoms with Gasteiger partial charge >= 0.3 is 0 Å². The summed E-state index contributed by atoms with van der Waals surface area (Å²) in [7, 11) is 2.07. The van der Waals surface area contributed by atoms with Crippen molar-refractivity contribution in [3.05, 3.63) is 95.6 Å². The van der Waals surface area contributed by atoms with Gasteiger partial charge in [0.25, 0.3) is 5.91 Å². The molecular weight excluding hydrogens is 422 g/mol. The summed E-state index contributed by atoms with van der Waals surface area (Å²) in [6.45, 7) is 5.24. The Morgan fingerprint density at radius 2 is 1.53 bits per heavy atom. The van der Waals surface area contributed by atoms with Gasteiger partial charge in [-0.1, -0.05) is 66.7 Å². The van der Waals surface area contributed by atoms with Gasteiger partial charge in [-0.05, 0) is 37.1 Å². The topological polar surface area (TPSA) is 45.6 Å². The first-order valence-corrected chi connectivity index (χ1v) is 11.9. The summed E-state index contributed by atoms with van der Waals surface area (Å²) in [6, 6.07) is 26.0. The first kappa shape index (κ1) is 22.0. The third kappa shape index (κ3) is 3.39. The number of carbonyl (C=O) groups excluding carboxylic acids is 2. The van der Waals surface area contributed by atoms with Crippen LogP contribution in [-0.2, 0) is 11.8 Å². The average molecular weight is 452 g/mol. The Bertz CT molecular complexity index is 1370. The van der Waals surface area contributed by atoms with Gasteiger partial charge in [0.05, 0.1) is 11.7 Å². The lowest BCUT2D eigenvalue weighted by molar-refractivity contribution is -0.131. The molecule has 5 heteroatoms. The molecule has 0 saturated carbocycles. The maximum absolute atomic E-state index is 13.7. The van der Waals surface area contributed by atoms with Crippen molar-refractivity contribution in [2.24, 2.45) is 7.05 Å². The third-order valence-corrected chi connectivity index (χ3v) is 6.95. The van der Waals surface area contributed by atoms with Crippen molar-refractivity contribution < 1.29 is 9.59 Å². The van der Waals surface area contributed by atoms with Crippen LogP contribution in [0.1, 0.15) is 41.4 Å². The molecule has 5 nitrogen and oxygen atoms in total. The minimum atomic E-state index is -0.343. The van der Waals surface area contributed by atoms with E-state index in [1.54, 1.807) is 9.80 Å². The second kappa shape index (κ2) is 8.82. The normalized spacial score (nSPS) is 15.1. The maximum atomic E-state index is 13.7. The smallest absolute Gasteiger partial charge is 0.255 e. The quantitative estimate of drug-likeness (QED) is 0.401. The van der Waals surface area contributed by atoms with Crippen molar-refractivity contribution in [1.29, 1.82) is 0 Å². The number of carbonyl (C=O) groups is 2. The SMILES string of the molecule is CCN(CC)C(=O)CN1C(=O)c2ccccc2C1c1c(-c2ccccc2)n(C)c2ccccc12. The summed E-state index contributed by atoms with van der Waals surface area (Å²) < 4.78 is 2.20. The van der Waals surface area contributed by atoms with Crippen LogP contribution in [0.2, 0.25) is 0 Å². The number of aromatic nitrogens is 1. The first-order valence-electron chi connectivity index (χ1n) is 11.9. The molecule has 5 rings (SSSR count). The van der Waals surface area contributed by atoms with E-state index in [4.69, 9.17) is 0 Å². The van der Waals surface area contributed by atoms with E-state index in [-0.39, 0.29) is 24.4 Å². The van der Waals surface area contributed by atoms with Gasteiger partial charge in [0.1, 0.15) is 6.54 Å². The second-order valence-corrected chi connectivity index (χ2v) is 8.69. The van der Waals surface area contributed by atoms with Crippen molar-refractivity contribution >= 4 is 22.7 Å². The molecule has 1 aliphatic rings. The largest absolute Gasteiger partial charge is 0.343 e. The van der Waals surface area contributed by atoms with E-state index >= 15 is 0 Å². The molecule has 0 radical (unpaired) electrons. The molecule has 0 fully saturated rings. The summed E-state index contributed by atoms with van der Waals surface area (Å²) in [5.41, 5.74) is 5.94. The Morgan fingerprint density at radius 3 is 2.26 bits per heavy atom. The highest BCUT2D eigenvalue weighted by molar-refractivity contribution is 6.03. The number of hydrogen-bond acceptors (Lipinski definition) is 2. The lowest BCUT2D eigenvalue weighted by Crippen LogP contribution is -2.42. The van der Waals surface area contributed by atoms with Gasteiger partial charge in [0, 0.05) is 42.2 Å². The van der Waals surface area contributed by atoms with Gasteiger partial charge in [0.15, 0.2) is 0 Å². The summed E-state index contributed by atoms with van der Waals surface area (Å²) in [4.78, 5) is 30.4. The van der Waals surface area contributed by atoms with Gasteiger partial charge in [-0.2, -0.15) is 0 Å². The molecule has 0 saturated heterocycles. The van der Waals surface area contributed by atoms with Gasteiger partial charge in [-0.15, -0.1) is 0 Å². The number of rotatable bonds is 6. The van der Waals surface area contributed by atoms with Crippen LogP contribution >= 0.6 is 0 Å². The van der Waals surface area contributed by atoms with Crippen LogP contribution in [0.15, 0.2) is 78.9 Å². The minimum absolute atomic E-state index is 0.0300. The number of nitrogens with zero attached hydrogens (tertiary/aromatic N) is 3. The Balaban J connectivity index is 1.76. The zero-order valence-electron chi connectivity index (χ0n) is 19.9. The molecular formula is C29H29N3O2. The van der Waals surface area contributed by atoms with Crippen LogP contribution in [0.4, 0.5) is 0 Å². The Morgan fingerprint density at radius 1 is 0.882 bits per heavy atom. The monoisotopic (exact) mass is 451 g/mol. The van der Waals surface area contributed by atoms with Crippen LogP contribution in [0, 0.1) is 0 Å². The molecule has 4 aromatic rings. The Hall–Kier alpha value is -3.86. The predicted octanol–water partition coefficient (Wildman–Crippen LogP) is 5.26. The van der Waals surface area contributed by atoms with Gasteiger partial charge < -0.3 is 14.4 Å². The molecule has 0 aliphatic carbocycles. The highest BCUT2D eigenvalue weighted by atomic mass is 16.2. The number of amides is 2. The van der Waals surface area contributed by atoms with E-state index in [2.05, 4.69) is 35.9 Å². The van der Waals surface area contributed by atoms with Crippen LogP contribution < -0.4 is 0 Å². The minimum Gasteiger partial charge on any atom is -0.343 e. The van der Waals surface area contributed by atoms with E-state index in [9.17, 15) is 9.59 Å². The van der Waals surface area contributed by atoms with E-state index in [1.165, 1.54) is 0 Å². The molecule has 34 heavy (non-hydrogen) atoms. The lowest BCUT2D eigenvalue weighted by Gasteiger charge is -2.29. The molecule has 0 bridgehead atoms.